The van der Waals surface area contributed by atoms with Crippen LogP contribution in [-0.2, 0) is 11.3 Å². The fourth-order valence-corrected chi connectivity index (χ4v) is 4.09. The molecule has 2 atom stereocenters. The lowest BCUT2D eigenvalue weighted by molar-refractivity contribution is -0.126. The van der Waals surface area contributed by atoms with E-state index >= 15 is 0 Å². The van der Waals surface area contributed by atoms with Crippen molar-refractivity contribution in [1.29, 1.82) is 0 Å². The molecule has 132 valence electrons. The summed E-state index contributed by atoms with van der Waals surface area (Å²) in [6.45, 7) is 2.16. The lowest BCUT2D eigenvalue weighted by atomic mass is 9.99. The van der Waals surface area contributed by atoms with Gasteiger partial charge in [0.15, 0.2) is 11.6 Å². The van der Waals surface area contributed by atoms with Gasteiger partial charge in [0.1, 0.15) is 0 Å². The third-order valence-electron chi connectivity index (χ3n) is 5.40. The fourth-order valence-electron chi connectivity index (χ4n) is 4.09. The number of aromatic hydroxyl groups is 1. The van der Waals surface area contributed by atoms with Crippen LogP contribution in [0.1, 0.15) is 50.5 Å². The number of carbonyl (C=O) groups is 1. The minimum absolute atomic E-state index is 0.0128. The molecule has 24 heavy (non-hydrogen) atoms. The molecule has 1 saturated heterocycles. The highest BCUT2D eigenvalue weighted by atomic mass is 19.1. The van der Waals surface area contributed by atoms with Crippen LogP contribution in [0.25, 0.3) is 0 Å². The second-order valence-corrected chi connectivity index (χ2v) is 7.03. The molecule has 2 aliphatic rings. The second-order valence-electron chi connectivity index (χ2n) is 7.03. The van der Waals surface area contributed by atoms with E-state index in [4.69, 9.17) is 0 Å². The first-order chi connectivity index (χ1) is 11.7. The van der Waals surface area contributed by atoms with Crippen molar-refractivity contribution in [2.75, 3.05) is 13.1 Å². The summed E-state index contributed by atoms with van der Waals surface area (Å²) in [6, 6.07) is 4.87. The smallest absolute Gasteiger partial charge is 0.224 e. The number of fused-ring (bicyclic) bond motifs is 1. The third kappa shape index (κ3) is 3.89. The lowest BCUT2D eigenvalue weighted by Gasteiger charge is -2.32. The Morgan fingerprint density at radius 1 is 1.17 bits per heavy atom. The third-order valence-corrected chi connectivity index (χ3v) is 5.40. The number of para-hydroxylation sites is 1. The molecule has 1 aromatic rings. The van der Waals surface area contributed by atoms with Gasteiger partial charge in [-0.05, 0) is 38.3 Å². The zero-order valence-corrected chi connectivity index (χ0v) is 14.1. The maximum Gasteiger partial charge on any atom is 0.224 e. The zero-order valence-electron chi connectivity index (χ0n) is 14.1. The number of phenolic OH excluding ortho intramolecular Hbond substituents is 1. The topological polar surface area (TPSA) is 52.6 Å². The Morgan fingerprint density at radius 3 is 2.88 bits per heavy atom. The summed E-state index contributed by atoms with van der Waals surface area (Å²) in [7, 11) is 0. The standard InChI is InChI=1S/C19H27FN2O2/c20-16-9-5-7-14(18(16)23)13-22-12-4-2-1-3-11-21-19(24)15-8-6-10-17(15)22/h5,7,9,15,17,23H,1-4,6,8,10-13H2,(H,21,24)/t15-,17+/m1/s1. The Hall–Kier alpha value is -1.62. The summed E-state index contributed by atoms with van der Waals surface area (Å²) in [5.74, 6) is -0.663. The van der Waals surface area contributed by atoms with Crippen LogP contribution in [0.4, 0.5) is 4.39 Å². The van der Waals surface area contributed by atoms with Crippen molar-refractivity contribution >= 4 is 5.91 Å². The van der Waals surface area contributed by atoms with Crippen LogP contribution in [-0.4, -0.2) is 35.0 Å². The molecule has 2 fully saturated rings. The largest absolute Gasteiger partial charge is 0.505 e. The Morgan fingerprint density at radius 2 is 2.00 bits per heavy atom. The molecule has 1 aliphatic carbocycles. The zero-order chi connectivity index (χ0) is 16.9. The molecule has 0 bridgehead atoms. The minimum Gasteiger partial charge on any atom is -0.505 e. The van der Waals surface area contributed by atoms with E-state index in [9.17, 15) is 14.3 Å². The van der Waals surface area contributed by atoms with Crippen LogP contribution < -0.4 is 5.32 Å². The van der Waals surface area contributed by atoms with E-state index in [-0.39, 0.29) is 23.6 Å². The maximum absolute atomic E-state index is 13.6. The summed E-state index contributed by atoms with van der Waals surface area (Å²) < 4.78 is 13.6. The van der Waals surface area contributed by atoms with Gasteiger partial charge in [0.2, 0.25) is 5.91 Å². The van der Waals surface area contributed by atoms with E-state index < -0.39 is 5.82 Å². The predicted molar refractivity (Wildman–Crippen MR) is 91.1 cm³/mol. The highest BCUT2D eigenvalue weighted by Gasteiger charge is 2.36. The van der Waals surface area contributed by atoms with Gasteiger partial charge in [0.25, 0.3) is 0 Å². The Balaban J connectivity index is 1.81. The second kappa shape index (κ2) is 7.97. The molecular formula is C19H27FN2O2. The van der Waals surface area contributed by atoms with Crippen molar-refractivity contribution in [3.63, 3.8) is 0 Å². The molecule has 2 N–H and O–H groups in total. The first-order valence-electron chi connectivity index (χ1n) is 9.15. The van der Waals surface area contributed by atoms with Gasteiger partial charge in [-0.1, -0.05) is 31.4 Å². The van der Waals surface area contributed by atoms with Gasteiger partial charge in [-0.2, -0.15) is 0 Å². The van der Waals surface area contributed by atoms with E-state index in [0.717, 1.165) is 58.0 Å². The fraction of sp³-hybridized carbons (Fsp3) is 0.632. The number of rotatable bonds is 2. The van der Waals surface area contributed by atoms with Gasteiger partial charge in [-0.15, -0.1) is 0 Å². The predicted octanol–water partition coefficient (Wildman–Crippen LogP) is 3.19. The Kier molecular flexibility index (Phi) is 5.72. The molecule has 1 aromatic carbocycles. The average molecular weight is 334 g/mol. The summed E-state index contributed by atoms with van der Waals surface area (Å²) in [4.78, 5) is 14.8. The molecule has 1 saturated carbocycles. The Labute approximate surface area is 143 Å². The van der Waals surface area contributed by atoms with Crippen LogP contribution in [0.15, 0.2) is 18.2 Å². The first kappa shape index (κ1) is 17.2. The van der Waals surface area contributed by atoms with E-state index in [1.54, 1.807) is 12.1 Å². The first-order valence-corrected chi connectivity index (χ1v) is 9.15. The normalized spacial score (nSPS) is 26.5. The van der Waals surface area contributed by atoms with E-state index in [1.807, 2.05) is 0 Å². The number of nitrogens with zero attached hydrogens (tertiary/aromatic N) is 1. The van der Waals surface area contributed by atoms with E-state index in [2.05, 4.69) is 10.2 Å². The van der Waals surface area contributed by atoms with E-state index in [1.165, 1.54) is 6.07 Å². The van der Waals surface area contributed by atoms with Crippen LogP contribution in [0.5, 0.6) is 5.75 Å². The van der Waals surface area contributed by atoms with Gasteiger partial charge in [-0.25, -0.2) is 4.39 Å². The molecule has 0 radical (unpaired) electrons. The average Bonchev–Trinajstić information content (AvgIpc) is 3.05. The van der Waals surface area contributed by atoms with Gasteiger partial charge in [0.05, 0.1) is 5.92 Å². The van der Waals surface area contributed by atoms with Gasteiger partial charge in [0, 0.05) is 24.7 Å². The molecule has 1 heterocycles. The summed E-state index contributed by atoms with van der Waals surface area (Å²) in [5, 5.41) is 13.1. The number of amides is 1. The van der Waals surface area contributed by atoms with E-state index in [0.29, 0.717) is 12.1 Å². The van der Waals surface area contributed by atoms with Crippen molar-refractivity contribution in [1.82, 2.24) is 10.2 Å². The van der Waals surface area contributed by atoms with Crippen molar-refractivity contribution in [2.24, 2.45) is 5.92 Å². The molecular weight excluding hydrogens is 307 g/mol. The molecule has 0 aromatic heterocycles. The molecule has 0 spiro atoms. The van der Waals surface area contributed by atoms with Crippen LogP contribution >= 0.6 is 0 Å². The van der Waals surface area contributed by atoms with Crippen LogP contribution in [0.2, 0.25) is 0 Å². The number of carbonyl (C=O) groups excluding carboxylic acids is 1. The quantitative estimate of drug-likeness (QED) is 0.873. The molecule has 4 nitrogen and oxygen atoms in total. The number of hydrogen-bond acceptors (Lipinski definition) is 3. The molecule has 3 rings (SSSR count). The van der Waals surface area contributed by atoms with Gasteiger partial charge in [-0.3, -0.25) is 9.69 Å². The number of hydrogen-bond donors (Lipinski definition) is 2. The van der Waals surface area contributed by atoms with Crippen LogP contribution in [0.3, 0.4) is 0 Å². The van der Waals surface area contributed by atoms with Crippen molar-refractivity contribution in [2.45, 2.75) is 57.5 Å². The lowest BCUT2D eigenvalue weighted by Crippen LogP contribution is -2.44. The number of nitrogens with one attached hydrogen (secondary N) is 1. The van der Waals surface area contributed by atoms with Crippen molar-refractivity contribution in [3.8, 4) is 5.75 Å². The van der Waals surface area contributed by atoms with Crippen LogP contribution in [0, 0.1) is 11.7 Å². The highest BCUT2D eigenvalue weighted by molar-refractivity contribution is 5.79. The molecule has 1 amide bonds. The molecule has 1 aliphatic heterocycles. The van der Waals surface area contributed by atoms with Gasteiger partial charge >= 0.3 is 0 Å². The molecule has 0 unspecified atom stereocenters. The number of benzene rings is 1. The van der Waals surface area contributed by atoms with Crippen molar-refractivity contribution < 1.29 is 14.3 Å². The summed E-state index contributed by atoms with van der Waals surface area (Å²) in [6.07, 6.45) is 7.33. The molecule has 5 heteroatoms. The monoisotopic (exact) mass is 334 g/mol. The number of halogens is 1. The van der Waals surface area contributed by atoms with Gasteiger partial charge < -0.3 is 10.4 Å². The maximum atomic E-state index is 13.6. The Bertz CT molecular complexity index is 578. The summed E-state index contributed by atoms with van der Waals surface area (Å²) >= 11 is 0. The number of phenols is 1. The minimum atomic E-state index is -0.578. The SMILES string of the molecule is O=C1NCCCCCCN(Cc2cccc(F)c2O)[C@H]2CCC[C@@H]12. The highest BCUT2D eigenvalue weighted by Crippen LogP contribution is 2.33. The summed E-state index contributed by atoms with van der Waals surface area (Å²) in [5.41, 5.74) is 0.607. The van der Waals surface area contributed by atoms with Crippen molar-refractivity contribution in [3.05, 3.63) is 29.6 Å².